The number of nitrogens with zero attached hydrogens (tertiary/aromatic N) is 1. The van der Waals surface area contributed by atoms with Gasteiger partial charge in [-0.3, -0.25) is 4.79 Å². The van der Waals surface area contributed by atoms with Crippen LogP contribution >= 0.6 is 23.2 Å². The van der Waals surface area contributed by atoms with Crippen molar-refractivity contribution in [2.24, 2.45) is 5.73 Å². The molecule has 1 unspecified atom stereocenters. The van der Waals surface area contributed by atoms with E-state index in [1.165, 1.54) is 0 Å². The van der Waals surface area contributed by atoms with E-state index >= 15 is 0 Å². The van der Waals surface area contributed by atoms with Gasteiger partial charge in [0.15, 0.2) is 0 Å². The van der Waals surface area contributed by atoms with Crippen molar-refractivity contribution in [1.82, 2.24) is 9.97 Å². The molecule has 0 saturated carbocycles. The minimum atomic E-state index is -0.385. The molecule has 3 aromatic rings. The van der Waals surface area contributed by atoms with E-state index in [4.69, 9.17) is 28.9 Å². The van der Waals surface area contributed by atoms with Gasteiger partial charge in [-0.1, -0.05) is 41.4 Å². The molecule has 24 heavy (non-hydrogen) atoms. The Morgan fingerprint density at radius 2 is 2.08 bits per heavy atom. The molecule has 1 amide bonds. The molecular weight excluding hydrogens is 347 g/mol. The molecule has 1 atom stereocenters. The number of fused-ring (bicyclic) bond motifs is 1. The Balaban J connectivity index is 1.87. The molecule has 7 heteroatoms. The summed E-state index contributed by atoms with van der Waals surface area (Å²) in [6.45, 7) is 2.00. The lowest BCUT2D eigenvalue weighted by molar-refractivity contribution is -0.117. The Kier molecular flexibility index (Phi) is 4.64. The zero-order chi connectivity index (χ0) is 17.3. The lowest BCUT2D eigenvalue weighted by atomic mass is 10.1. The molecule has 0 aliphatic rings. The summed E-state index contributed by atoms with van der Waals surface area (Å²) in [5.74, 6) is 0.227. The number of aromatic amines is 1. The molecule has 124 valence electrons. The number of para-hydroxylation sites is 1. The number of imidazole rings is 1. The monoisotopic (exact) mass is 362 g/mol. The number of H-pyrrole nitrogens is 1. The Morgan fingerprint density at radius 3 is 2.79 bits per heavy atom. The van der Waals surface area contributed by atoms with Crippen LogP contribution in [0.5, 0.6) is 0 Å². The number of hydrogen-bond donors (Lipinski definition) is 3. The highest BCUT2D eigenvalue weighted by atomic mass is 35.5. The number of benzene rings is 2. The third kappa shape index (κ3) is 3.47. The second-order valence-corrected chi connectivity index (χ2v) is 6.40. The summed E-state index contributed by atoms with van der Waals surface area (Å²) < 4.78 is 0. The van der Waals surface area contributed by atoms with Gasteiger partial charge in [0.25, 0.3) is 0 Å². The number of anilines is 1. The fraction of sp³-hybridized carbons (Fsp3) is 0.176. The predicted molar refractivity (Wildman–Crippen MR) is 97.5 cm³/mol. The van der Waals surface area contributed by atoms with Crippen LogP contribution in [0.3, 0.4) is 0 Å². The van der Waals surface area contributed by atoms with Gasteiger partial charge in [0.1, 0.15) is 0 Å². The fourth-order valence-electron chi connectivity index (χ4n) is 2.56. The fourth-order valence-corrected chi connectivity index (χ4v) is 2.87. The normalized spacial score (nSPS) is 12.3. The van der Waals surface area contributed by atoms with Crippen LogP contribution in [0.2, 0.25) is 10.0 Å². The first-order chi connectivity index (χ1) is 11.4. The molecule has 5 nitrogen and oxygen atoms in total. The molecular formula is C17H16Cl2N4O. The molecule has 0 bridgehead atoms. The SMILES string of the molecule is CC(Nc1nc2c(CC(N)=O)cccc2[nH]1)c1ccc(Cl)c(Cl)c1. The van der Waals surface area contributed by atoms with Crippen LogP contribution in [0.25, 0.3) is 11.0 Å². The number of carbonyl (C=O) groups is 1. The average Bonchev–Trinajstić information content (AvgIpc) is 2.93. The lowest BCUT2D eigenvalue weighted by Gasteiger charge is -2.14. The predicted octanol–water partition coefficient (Wildman–Crippen LogP) is 4.07. The molecule has 0 fully saturated rings. The van der Waals surface area contributed by atoms with E-state index in [0.717, 1.165) is 22.2 Å². The van der Waals surface area contributed by atoms with Gasteiger partial charge in [-0.05, 0) is 36.2 Å². The van der Waals surface area contributed by atoms with Gasteiger partial charge in [-0.15, -0.1) is 0 Å². The van der Waals surface area contributed by atoms with Gasteiger partial charge in [0, 0.05) is 0 Å². The second kappa shape index (κ2) is 6.71. The molecule has 0 aliphatic heterocycles. The molecule has 1 heterocycles. The first-order valence-electron chi connectivity index (χ1n) is 7.41. The minimum absolute atomic E-state index is 0.0279. The number of nitrogens with one attached hydrogen (secondary N) is 2. The molecule has 0 saturated heterocycles. The summed E-state index contributed by atoms with van der Waals surface area (Å²) in [6, 6.07) is 11.1. The highest BCUT2D eigenvalue weighted by molar-refractivity contribution is 6.42. The van der Waals surface area contributed by atoms with Crippen molar-refractivity contribution in [3.8, 4) is 0 Å². The van der Waals surface area contributed by atoms with E-state index < -0.39 is 0 Å². The Hall–Kier alpha value is -2.24. The smallest absolute Gasteiger partial charge is 0.221 e. The number of rotatable bonds is 5. The summed E-state index contributed by atoms with van der Waals surface area (Å²) in [5, 5.41) is 4.32. The van der Waals surface area contributed by atoms with Crippen LogP contribution in [-0.2, 0) is 11.2 Å². The molecule has 0 radical (unpaired) electrons. The summed E-state index contributed by atoms with van der Waals surface area (Å²) in [5.41, 5.74) is 8.66. The van der Waals surface area contributed by atoms with Gasteiger partial charge < -0.3 is 16.0 Å². The van der Waals surface area contributed by atoms with Crippen molar-refractivity contribution in [3.63, 3.8) is 0 Å². The number of amides is 1. The summed E-state index contributed by atoms with van der Waals surface area (Å²) >= 11 is 12.0. The summed E-state index contributed by atoms with van der Waals surface area (Å²) in [6.07, 6.45) is 0.157. The number of aromatic nitrogens is 2. The number of carbonyl (C=O) groups excluding carboxylic acids is 1. The van der Waals surface area contributed by atoms with Gasteiger partial charge in [0.2, 0.25) is 11.9 Å². The standard InChI is InChI=1S/C17H16Cl2N4O/c1-9(10-5-6-12(18)13(19)7-10)21-17-22-14-4-2-3-11(8-15(20)24)16(14)23-17/h2-7,9H,8H2,1H3,(H2,20,24)(H2,21,22,23). The van der Waals surface area contributed by atoms with Crippen molar-refractivity contribution < 1.29 is 4.79 Å². The second-order valence-electron chi connectivity index (χ2n) is 5.58. The quantitative estimate of drug-likeness (QED) is 0.639. The summed E-state index contributed by atoms with van der Waals surface area (Å²) in [7, 11) is 0. The Morgan fingerprint density at radius 1 is 1.29 bits per heavy atom. The van der Waals surface area contributed by atoms with Gasteiger partial charge in [0.05, 0.1) is 33.5 Å². The van der Waals surface area contributed by atoms with E-state index in [2.05, 4.69) is 15.3 Å². The largest absolute Gasteiger partial charge is 0.369 e. The number of hydrogen-bond acceptors (Lipinski definition) is 3. The van der Waals surface area contributed by atoms with Crippen LogP contribution < -0.4 is 11.1 Å². The molecule has 1 aromatic heterocycles. The van der Waals surface area contributed by atoms with Gasteiger partial charge >= 0.3 is 0 Å². The highest BCUT2D eigenvalue weighted by Crippen LogP contribution is 2.27. The maximum atomic E-state index is 11.2. The van der Waals surface area contributed by atoms with E-state index in [0.29, 0.717) is 16.0 Å². The van der Waals surface area contributed by atoms with Crippen LogP contribution in [0.15, 0.2) is 36.4 Å². The number of primary amides is 1. The third-order valence-electron chi connectivity index (χ3n) is 3.76. The first kappa shape index (κ1) is 16.6. The van der Waals surface area contributed by atoms with Crippen LogP contribution in [0, 0.1) is 0 Å². The average molecular weight is 363 g/mol. The number of halogens is 2. The Bertz CT molecular complexity index is 907. The van der Waals surface area contributed by atoms with Crippen molar-refractivity contribution in [2.75, 3.05) is 5.32 Å². The van der Waals surface area contributed by atoms with Crippen molar-refractivity contribution in [1.29, 1.82) is 0 Å². The van der Waals surface area contributed by atoms with Crippen LogP contribution in [-0.4, -0.2) is 15.9 Å². The van der Waals surface area contributed by atoms with Crippen molar-refractivity contribution in [3.05, 3.63) is 57.6 Å². The van der Waals surface area contributed by atoms with Crippen molar-refractivity contribution >= 4 is 46.1 Å². The minimum Gasteiger partial charge on any atom is -0.369 e. The lowest BCUT2D eigenvalue weighted by Crippen LogP contribution is -2.13. The zero-order valence-corrected chi connectivity index (χ0v) is 14.4. The van der Waals surface area contributed by atoms with Crippen LogP contribution in [0.4, 0.5) is 5.95 Å². The van der Waals surface area contributed by atoms with Gasteiger partial charge in [-0.2, -0.15) is 0 Å². The maximum absolute atomic E-state index is 11.2. The topological polar surface area (TPSA) is 83.8 Å². The molecule has 3 rings (SSSR count). The Labute approximate surface area is 149 Å². The number of nitrogens with two attached hydrogens (primary N) is 1. The molecule has 0 spiro atoms. The van der Waals surface area contributed by atoms with E-state index in [-0.39, 0.29) is 18.4 Å². The third-order valence-corrected chi connectivity index (χ3v) is 4.50. The molecule has 2 aromatic carbocycles. The van der Waals surface area contributed by atoms with Crippen molar-refractivity contribution in [2.45, 2.75) is 19.4 Å². The van der Waals surface area contributed by atoms with Gasteiger partial charge in [-0.25, -0.2) is 4.98 Å². The summed E-state index contributed by atoms with van der Waals surface area (Å²) in [4.78, 5) is 18.9. The molecule has 4 N–H and O–H groups in total. The molecule has 0 aliphatic carbocycles. The van der Waals surface area contributed by atoms with E-state index in [1.807, 2.05) is 37.3 Å². The maximum Gasteiger partial charge on any atom is 0.221 e. The van der Waals surface area contributed by atoms with E-state index in [1.54, 1.807) is 6.07 Å². The van der Waals surface area contributed by atoms with E-state index in [9.17, 15) is 4.79 Å². The highest BCUT2D eigenvalue weighted by Gasteiger charge is 2.12. The first-order valence-corrected chi connectivity index (χ1v) is 8.17. The van der Waals surface area contributed by atoms with Crippen LogP contribution in [0.1, 0.15) is 24.1 Å². The zero-order valence-electron chi connectivity index (χ0n) is 12.9.